The van der Waals surface area contributed by atoms with E-state index in [1.165, 1.54) is 55.8 Å². The Kier molecular flexibility index (Phi) is 6.86. The molecule has 1 aliphatic heterocycles. The van der Waals surface area contributed by atoms with Gasteiger partial charge in [-0.3, -0.25) is 24.5 Å². The van der Waals surface area contributed by atoms with Crippen LogP contribution < -0.4 is 25.7 Å². The maximum atomic E-state index is 12.8. The highest BCUT2D eigenvalue weighted by Gasteiger charge is 2.40. The molecule has 182 valence electrons. The average Bonchev–Trinajstić information content (AvgIpc) is 3.42. The number of nitrogens with one attached hydrogen (secondary N) is 3. The molecule has 1 aromatic heterocycles. The van der Waals surface area contributed by atoms with Crippen LogP contribution in [0.2, 0.25) is 0 Å². The molecular formula is C24H19N5O7. The third-order valence-corrected chi connectivity index (χ3v) is 5.07. The molecule has 0 bridgehead atoms. The van der Waals surface area contributed by atoms with Crippen molar-refractivity contribution in [2.24, 2.45) is 11.0 Å². The lowest BCUT2D eigenvalue weighted by Crippen LogP contribution is -2.58. The molecule has 0 aliphatic carbocycles. The summed E-state index contributed by atoms with van der Waals surface area (Å²) in [6, 6.07) is 14.2. The van der Waals surface area contributed by atoms with Crippen molar-refractivity contribution in [2.45, 2.75) is 0 Å². The lowest BCUT2D eigenvalue weighted by Gasteiger charge is -2.28. The van der Waals surface area contributed by atoms with Crippen LogP contribution in [0.1, 0.15) is 20.9 Å². The number of amides is 6. The predicted molar refractivity (Wildman–Crippen MR) is 127 cm³/mol. The normalized spacial score (nSPS) is 15.5. The highest BCUT2D eigenvalue weighted by atomic mass is 16.5. The number of carbonyl (C=O) groups excluding carboxylic acids is 5. The Hall–Kier alpha value is -5.26. The Balaban J connectivity index is 1.38. The zero-order chi connectivity index (χ0) is 25.7. The number of anilines is 2. The summed E-state index contributed by atoms with van der Waals surface area (Å²) in [7, 11) is 1.47. The molecule has 0 saturated carbocycles. The topological polar surface area (TPSA) is 159 Å². The Bertz CT molecular complexity index is 1330. The molecule has 6 amide bonds. The van der Waals surface area contributed by atoms with Crippen molar-refractivity contribution in [1.82, 2.24) is 10.7 Å². The fourth-order valence-corrected chi connectivity index (χ4v) is 3.24. The number of imide groups is 2. The summed E-state index contributed by atoms with van der Waals surface area (Å²) in [4.78, 5) is 62.5. The first-order chi connectivity index (χ1) is 17.4. The molecule has 2 aromatic carbocycles. The van der Waals surface area contributed by atoms with Gasteiger partial charge in [0.05, 0.1) is 19.1 Å². The molecule has 36 heavy (non-hydrogen) atoms. The number of barbiturate groups is 1. The molecule has 12 nitrogen and oxygen atoms in total. The molecular weight excluding hydrogens is 470 g/mol. The molecule has 1 fully saturated rings. The second kappa shape index (κ2) is 10.3. The summed E-state index contributed by atoms with van der Waals surface area (Å²) in [5.41, 5.74) is 3.10. The third kappa shape index (κ3) is 5.12. The SMILES string of the molecule is COc1ccc(N2C(=O)NC(=O)[C@@H](/C=N\NC(=O)c3ccc(NC(=O)c4ccco4)cc3)C2=O)cc1. The van der Waals surface area contributed by atoms with Crippen LogP contribution in [0.25, 0.3) is 0 Å². The van der Waals surface area contributed by atoms with E-state index in [-0.39, 0.29) is 17.0 Å². The molecule has 1 atom stereocenters. The minimum Gasteiger partial charge on any atom is -0.497 e. The highest BCUT2D eigenvalue weighted by molar-refractivity contribution is 6.32. The Morgan fingerprint density at radius 2 is 1.75 bits per heavy atom. The summed E-state index contributed by atoms with van der Waals surface area (Å²) in [6.45, 7) is 0. The van der Waals surface area contributed by atoms with Gasteiger partial charge in [0.1, 0.15) is 5.75 Å². The summed E-state index contributed by atoms with van der Waals surface area (Å²) in [6.07, 6.45) is 2.32. The van der Waals surface area contributed by atoms with Crippen LogP contribution in [0, 0.1) is 5.92 Å². The van der Waals surface area contributed by atoms with Gasteiger partial charge in [-0.1, -0.05) is 0 Å². The Morgan fingerprint density at radius 1 is 1.03 bits per heavy atom. The van der Waals surface area contributed by atoms with Gasteiger partial charge in [0.15, 0.2) is 11.7 Å². The highest BCUT2D eigenvalue weighted by Crippen LogP contribution is 2.23. The zero-order valence-corrected chi connectivity index (χ0v) is 18.8. The molecule has 0 radical (unpaired) electrons. The van der Waals surface area contributed by atoms with E-state index < -0.39 is 35.6 Å². The van der Waals surface area contributed by atoms with Crippen molar-refractivity contribution >= 4 is 47.2 Å². The van der Waals surface area contributed by atoms with Crippen molar-refractivity contribution in [3.05, 3.63) is 78.3 Å². The van der Waals surface area contributed by atoms with Crippen LogP contribution in [-0.4, -0.2) is 43.0 Å². The molecule has 2 heterocycles. The van der Waals surface area contributed by atoms with Crippen molar-refractivity contribution in [1.29, 1.82) is 0 Å². The van der Waals surface area contributed by atoms with E-state index in [1.54, 1.807) is 18.2 Å². The van der Waals surface area contributed by atoms with Gasteiger partial charge in [-0.05, 0) is 60.7 Å². The van der Waals surface area contributed by atoms with Crippen molar-refractivity contribution in [2.75, 3.05) is 17.3 Å². The van der Waals surface area contributed by atoms with E-state index >= 15 is 0 Å². The van der Waals surface area contributed by atoms with E-state index in [2.05, 4.69) is 21.2 Å². The molecule has 4 rings (SSSR count). The standard InChI is InChI=1S/C24H19N5O7/c1-35-17-10-8-16(9-11-17)29-23(33)18(21(31)27-24(29)34)13-25-28-20(30)14-4-6-15(7-5-14)26-22(32)19-3-2-12-36-19/h2-13,18H,1H3,(H,26,32)(H,28,30)(H,27,31,34)/b25-13-/t18-/m1/s1. The average molecular weight is 489 g/mol. The first-order valence-electron chi connectivity index (χ1n) is 10.5. The van der Waals surface area contributed by atoms with Gasteiger partial charge in [-0.25, -0.2) is 15.1 Å². The van der Waals surface area contributed by atoms with Gasteiger partial charge >= 0.3 is 6.03 Å². The van der Waals surface area contributed by atoms with Crippen LogP contribution in [0.5, 0.6) is 5.75 Å². The maximum Gasteiger partial charge on any atom is 0.335 e. The van der Waals surface area contributed by atoms with Crippen LogP contribution in [0.15, 0.2) is 76.4 Å². The number of furan rings is 1. The second-order valence-corrected chi connectivity index (χ2v) is 7.37. The summed E-state index contributed by atoms with van der Waals surface area (Å²) >= 11 is 0. The maximum absolute atomic E-state index is 12.8. The number of rotatable bonds is 7. The number of ether oxygens (including phenoxy) is 1. The summed E-state index contributed by atoms with van der Waals surface area (Å²) < 4.78 is 10.1. The zero-order valence-electron chi connectivity index (χ0n) is 18.8. The number of carbonyl (C=O) groups is 5. The summed E-state index contributed by atoms with van der Waals surface area (Å²) in [5, 5.41) is 8.42. The molecule has 1 aliphatic rings. The van der Waals surface area contributed by atoms with Gasteiger partial charge in [-0.2, -0.15) is 5.10 Å². The predicted octanol–water partition coefficient (Wildman–Crippen LogP) is 2.16. The van der Waals surface area contributed by atoms with Gasteiger partial charge in [0, 0.05) is 17.5 Å². The third-order valence-electron chi connectivity index (χ3n) is 5.07. The van der Waals surface area contributed by atoms with Crippen molar-refractivity contribution in [3.63, 3.8) is 0 Å². The molecule has 0 spiro atoms. The van der Waals surface area contributed by atoms with E-state index in [0.717, 1.165) is 11.1 Å². The van der Waals surface area contributed by atoms with Crippen LogP contribution in [0.3, 0.4) is 0 Å². The number of benzene rings is 2. The fraction of sp³-hybridized carbons (Fsp3) is 0.0833. The molecule has 3 aromatic rings. The lowest BCUT2D eigenvalue weighted by molar-refractivity contribution is -0.131. The molecule has 3 N–H and O–H groups in total. The van der Waals surface area contributed by atoms with E-state index in [0.29, 0.717) is 11.4 Å². The van der Waals surface area contributed by atoms with Gasteiger partial charge in [0.2, 0.25) is 5.91 Å². The Morgan fingerprint density at radius 3 is 2.39 bits per heavy atom. The van der Waals surface area contributed by atoms with E-state index in [4.69, 9.17) is 9.15 Å². The first-order valence-corrected chi connectivity index (χ1v) is 10.5. The number of urea groups is 1. The minimum absolute atomic E-state index is 0.139. The minimum atomic E-state index is -1.44. The van der Waals surface area contributed by atoms with Crippen molar-refractivity contribution < 1.29 is 33.1 Å². The van der Waals surface area contributed by atoms with E-state index in [9.17, 15) is 24.0 Å². The van der Waals surface area contributed by atoms with E-state index in [1.807, 2.05) is 0 Å². The monoisotopic (exact) mass is 489 g/mol. The Labute approximate surface area is 203 Å². The fourth-order valence-electron chi connectivity index (χ4n) is 3.24. The largest absolute Gasteiger partial charge is 0.497 e. The molecule has 12 heteroatoms. The number of methoxy groups -OCH3 is 1. The molecule has 1 saturated heterocycles. The molecule has 0 unspecified atom stereocenters. The number of hydrogen-bond acceptors (Lipinski definition) is 8. The van der Waals surface area contributed by atoms with Gasteiger partial charge in [-0.15, -0.1) is 0 Å². The lowest BCUT2D eigenvalue weighted by atomic mass is 10.1. The quantitative estimate of drug-likeness (QED) is 0.260. The number of hydrazone groups is 1. The van der Waals surface area contributed by atoms with Crippen LogP contribution in [0.4, 0.5) is 16.2 Å². The number of hydrogen-bond donors (Lipinski definition) is 3. The number of nitrogens with zero attached hydrogens (tertiary/aromatic N) is 2. The van der Waals surface area contributed by atoms with Crippen molar-refractivity contribution in [3.8, 4) is 5.75 Å². The van der Waals surface area contributed by atoms with Crippen LogP contribution >= 0.6 is 0 Å². The second-order valence-electron chi connectivity index (χ2n) is 7.37. The summed E-state index contributed by atoms with van der Waals surface area (Å²) in [5.74, 6) is -3.55. The van der Waals surface area contributed by atoms with Gasteiger partial charge in [0.25, 0.3) is 17.7 Å². The first kappa shape index (κ1) is 23.9. The smallest absolute Gasteiger partial charge is 0.335 e. The van der Waals surface area contributed by atoms with Gasteiger partial charge < -0.3 is 14.5 Å². The van der Waals surface area contributed by atoms with Crippen LogP contribution in [-0.2, 0) is 9.59 Å².